The molecule has 2 aromatic rings. The number of nitrogens with zero attached hydrogens (tertiary/aromatic N) is 1. The van der Waals surface area contributed by atoms with Crippen LogP contribution in [0.2, 0.25) is 0 Å². The molecule has 0 N–H and O–H groups in total. The molecule has 148 valence electrons. The third kappa shape index (κ3) is 3.96. The van der Waals surface area contributed by atoms with Gasteiger partial charge in [0.15, 0.2) is 21.3 Å². The minimum Gasteiger partial charge on any atom is -0.485 e. The van der Waals surface area contributed by atoms with Crippen molar-refractivity contribution < 1.29 is 27.1 Å². The Morgan fingerprint density at radius 2 is 1.82 bits per heavy atom. The molecule has 1 amide bonds. The molecule has 2 aromatic carbocycles. The molecule has 2 aliphatic rings. The highest BCUT2D eigenvalue weighted by molar-refractivity contribution is 7.91. The maximum atomic E-state index is 13.2. The van der Waals surface area contributed by atoms with E-state index in [1.165, 1.54) is 17.0 Å². The van der Waals surface area contributed by atoms with Gasteiger partial charge in [0, 0.05) is 12.6 Å². The van der Waals surface area contributed by atoms with Crippen LogP contribution in [0.3, 0.4) is 0 Å². The normalized spacial score (nSPS) is 22.6. The highest BCUT2D eigenvalue weighted by Gasteiger charge is 2.39. The standard InChI is InChI=1S/C20H20FNO5S/c21-15-7-5-14(6-8-15)11-22(16-9-10-28(24,25)13-16)20(23)19-12-26-17-3-1-2-4-18(17)27-19/h1-8,16,19H,9-13H2. The van der Waals surface area contributed by atoms with Crippen molar-refractivity contribution in [3.05, 3.63) is 59.9 Å². The number of hydrogen-bond acceptors (Lipinski definition) is 5. The Hall–Kier alpha value is -2.61. The summed E-state index contributed by atoms with van der Waals surface area (Å²) in [6.45, 7) is 0.232. The fraction of sp³-hybridized carbons (Fsp3) is 0.350. The zero-order valence-electron chi connectivity index (χ0n) is 15.1. The Morgan fingerprint density at radius 3 is 2.50 bits per heavy atom. The lowest BCUT2D eigenvalue weighted by Crippen LogP contribution is -2.50. The van der Waals surface area contributed by atoms with Crippen LogP contribution < -0.4 is 9.47 Å². The van der Waals surface area contributed by atoms with Gasteiger partial charge in [-0.15, -0.1) is 0 Å². The Bertz CT molecular complexity index is 976. The second-order valence-corrected chi connectivity index (χ2v) is 9.24. The monoisotopic (exact) mass is 405 g/mol. The van der Waals surface area contributed by atoms with Crippen molar-refractivity contribution in [2.24, 2.45) is 0 Å². The molecule has 2 heterocycles. The molecule has 6 nitrogen and oxygen atoms in total. The van der Waals surface area contributed by atoms with Gasteiger partial charge in [-0.05, 0) is 36.2 Å². The number of hydrogen-bond donors (Lipinski definition) is 0. The van der Waals surface area contributed by atoms with Crippen LogP contribution in [-0.2, 0) is 21.2 Å². The number of sulfone groups is 1. The van der Waals surface area contributed by atoms with Crippen molar-refractivity contribution in [2.75, 3.05) is 18.1 Å². The number of ether oxygens (including phenoxy) is 2. The number of carbonyl (C=O) groups excluding carboxylic acids is 1. The second kappa shape index (κ2) is 7.43. The van der Waals surface area contributed by atoms with E-state index >= 15 is 0 Å². The fourth-order valence-electron chi connectivity index (χ4n) is 3.52. The van der Waals surface area contributed by atoms with Gasteiger partial charge in [0.1, 0.15) is 12.4 Å². The van der Waals surface area contributed by atoms with Crippen molar-refractivity contribution in [3.8, 4) is 11.5 Å². The molecule has 2 unspecified atom stereocenters. The van der Waals surface area contributed by atoms with Gasteiger partial charge in [0.2, 0.25) is 6.10 Å². The van der Waals surface area contributed by atoms with Crippen molar-refractivity contribution in [1.82, 2.24) is 4.90 Å². The van der Waals surface area contributed by atoms with E-state index < -0.39 is 22.0 Å². The smallest absolute Gasteiger partial charge is 0.267 e. The van der Waals surface area contributed by atoms with E-state index in [0.717, 1.165) is 5.56 Å². The quantitative estimate of drug-likeness (QED) is 0.780. The largest absolute Gasteiger partial charge is 0.485 e. The van der Waals surface area contributed by atoms with Crippen LogP contribution in [-0.4, -0.2) is 49.5 Å². The first-order valence-corrected chi connectivity index (χ1v) is 10.9. The third-order valence-electron chi connectivity index (χ3n) is 4.98. The van der Waals surface area contributed by atoms with Crippen LogP contribution in [0.25, 0.3) is 0 Å². The molecule has 0 radical (unpaired) electrons. The molecule has 2 aliphatic heterocycles. The van der Waals surface area contributed by atoms with Crippen LogP contribution in [0.5, 0.6) is 11.5 Å². The van der Waals surface area contributed by atoms with E-state index in [2.05, 4.69) is 0 Å². The van der Waals surface area contributed by atoms with Gasteiger partial charge < -0.3 is 14.4 Å². The van der Waals surface area contributed by atoms with Crippen LogP contribution in [0.15, 0.2) is 48.5 Å². The van der Waals surface area contributed by atoms with Gasteiger partial charge >= 0.3 is 0 Å². The number of para-hydroxylation sites is 2. The molecule has 4 rings (SSSR count). The van der Waals surface area contributed by atoms with Gasteiger partial charge in [-0.3, -0.25) is 4.79 Å². The molecule has 0 aliphatic carbocycles. The summed E-state index contributed by atoms with van der Waals surface area (Å²) in [4.78, 5) is 14.8. The average Bonchev–Trinajstić information content (AvgIpc) is 3.06. The molecule has 8 heteroatoms. The number of amides is 1. The summed E-state index contributed by atoms with van der Waals surface area (Å²) in [5.41, 5.74) is 0.719. The Morgan fingerprint density at radius 1 is 1.11 bits per heavy atom. The molecule has 1 fully saturated rings. The molecule has 0 aromatic heterocycles. The summed E-state index contributed by atoms with van der Waals surface area (Å²) in [6.07, 6.45) is -0.488. The summed E-state index contributed by atoms with van der Waals surface area (Å²) >= 11 is 0. The van der Waals surface area contributed by atoms with Crippen LogP contribution >= 0.6 is 0 Å². The first-order valence-electron chi connectivity index (χ1n) is 9.05. The van der Waals surface area contributed by atoms with Crippen LogP contribution in [0, 0.1) is 5.82 Å². The zero-order chi connectivity index (χ0) is 19.7. The van der Waals surface area contributed by atoms with Crippen LogP contribution in [0.1, 0.15) is 12.0 Å². The fourth-order valence-corrected chi connectivity index (χ4v) is 5.25. The average molecular weight is 405 g/mol. The molecular weight excluding hydrogens is 385 g/mol. The highest BCUT2D eigenvalue weighted by Crippen LogP contribution is 2.32. The number of carbonyl (C=O) groups is 1. The maximum absolute atomic E-state index is 13.2. The predicted octanol–water partition coefficient (Wildman–Crippen LogP) is 2.18. The first-order chi connectivity index (χ1) is 13.4. The van der Waals surface area contributed by atoms with Gasteiger partial charge in [-0.2, -0.15) is 0 Å². The Labute approximate surface area is 162 Å². The third-order valence-corrected chi connectivity index (χ3v) is 6.73. The number of rotatable bonds is 4. The summed E-state index contributed by atoms with van der Waals surface area (Å²) in [5.74, 6) is 0.319. The van der Waals surface area contributed by atoms with Crippen molar-refractivity contribution in [1.29, 1.82) is 0 Å². The van der Waals surface area contributed by atoms with E-state index in [4.69, 9.17) is 9.47 Å². The Kier molecular flexibility index (Phi) is 4.97. The number of benzene rings is 2. The van der Waals surface area contributed by atoms with Crippen LogP contribution in [0.4, 0.5) is 4.39 Å². The molecule has 0 bridgehead atoms. The SMILES string of the molecule is O=C(C1COc2ccccc2O1)N(Cc1ccc(F)cc1)C1CCS(=O)(=O)C1. The van der Waals surface area contributed by atoms with Crippen molar-refractivity contribution >= 4 is 15.7 Å². The minimum absolute atomic E-state index is 0.0508. The van der Waals surface area contributed by atoms with Gasteiger partial charge in [0.05, 0.1) is 11.5 Å². The summed E-state index contributed by atoms with van der Waals surface area (Å²) < 4.78 is 48.6. The highest BCUT2D eigenvalue weighted by atomic mass is 32.2. The van der Waals surface area contributed by atoms with Gasteiger partial charge in [0.25, 0.3) is 5.91 Å². The van der Waals surface area contributed by atoms with Gasteiger partial charge in [-0.1, -0.05) is 24.3 Å². The second-order valence-electron chi connectivity index (χ2n) is 7.01. The minimum atomic E-state index is -3.18. The maximum Gasteiger partial charge on any atom is 0.267 e. The van der Waals surface area contributed by atoms with E-state index in [9.17, 15) is 17.6 Å². The molecule has 2 atom stereocenters. The Balaban J connectivity index is 1.57. The predicted molar refractivity (Wildman–Crippen MR) is 100 cm³/mol. The lowest BCUT2D eigenvalue weighted by molar-refractivity contribution is -0.143. The number of halogens is 1. The molecule has 28 heavy (non-hydrogen) atoms. The van der Waals surface area contributed by atoms with E-state index in [1.807, 2.05) is 6.07 Å². The van der Waals surface area contributed by atoms with E-state index in [1.54, 1.807) is 30.3 Å². The summed E-state index contributed by atoms with van der Waals surface area (Å²) in [6, 6.07) is 12.5. The molecule has 0 saturated carbocycles. The van der Waals surface area contributed by atoms with Gasteiger partial charge in [-0.25, -0.2) is 12.8 Å². The lowest BCUT2D eigenvalue weighted by atomic mass is 10.1. The van der Waals surface area contributed by atoms with Crippen molar-refractivity contribution in [3.63, 3.8) is 0 Å². The lowest BCUT2D eigenvalue weighted by Gasteiger charge is -2.34. The molecule has 1 saturated heterocycles. The topological polar surface area (TPSA) is 72.9 Å². The summed E-state index contributed by atoms with van der Waals surface area (Å²) in [7, 11) is -3.18. The first kappa shape index (κ1) is 18.7. The van der Waals surface area contributed by atoms with E-state index in [0.29, 0.717) is 17.9 Å². The molecular formula is C20H20FNO5S. The summed E-state index contributed by atoms with van der Waals surface area (Å²) in [5, 5.41) is 0. The molecule has 0 spiro atoms. The van der Waals surface area contributed by atoms with Crippen molar-refractivity contribution in [2.45, 2.75) is 25.1 Å². The zero-order valence-corrected chi connectivity index (χ0v) is 15.9. The van der Waals surface area contributed by atoms with E-state index in [-0.39, 0.29) is 36.4 Å². The number of fused-ring (bicyclic) bond motifs is 1.